The summed E-state index contributed by atoms with van der Waals surface area (Å²) in [5.74, 6) is -0.0719. The molecule has 0 aliphatic rings. The van der Waals surface area contributed by atoms with Crippen molar-refractivity contribution in [3.05, 3.63) is 65.2 Å². The molecule has 130 valence electrons. The van der Waals surface area contributed by atoms with Crippen molar-refractivity contribution in [2.75, 3.05) is 6.61 Å². The Balaban J connectivity index is 1.69. The van der Waals surface area contributed by atoms with E-state index >= 15 is 0 Å². The van der Waals surface area contributed by atoms with Crippen LogP contribution in [0, 0.1) is 6.92 Å². The first-order valence-electron chi connectivity index (χ1n) is 8.31. The minimum atomic E-state index is -4.38. The molecule has 0 radical (unpaired) electrons. The predicted molar refractivity (Wildman–Crippen MR) is 90.3 cm³/mol. The first-order chi connectivity index (χ1) is 11.5. The van der Waals surface area contributed by atoms with Crippen LogP contribution in [-0.2, 0) is 12.6 Å². The molecule has 0 bridgehead atoms. The molecule has 0 aliphatic heterocycles. The van der Waals surface area contributed by atoms with Crippen LogP contribution in [0.4, 0.5) is 13.2 Å². The second-order valence-corrected chi connectivity index (χ2v) is 6.00. The zero-order chi connectivity index (χ0) is 17.4. The lowest BCUT2D eigenvalue weighted by Gasteiger charge is -2.14. The molecule has 0 aromatic heterocycles. The fraction of sp³-hybridized carbons (Fsp3) is 0.400. The van der Waals surface area contributed by atoms with E-state index in [9.17, 15) is 13.2 Å². The van der Waals surface area contributed by atoms with Crippen LogP contribution in [0.3, 0.4) is 0 Å². The third-order valence-corrected chi connectivity index (χ3v) is 3.90. The highest BCUT2D eigenvalue weighted by Gasteiger charge is 2.34. The number of unbranched alkanes of at least 4 members (excludes halogenated alkanes) is 3. The van der Waals surface area contributed by atoms with Gasteiger partial charge in [0.2, 0.25) is 0 Å². The van der Waals surface area contributed by atoms with Crippen molar-refractivity contribution in [1.29, 1.82) is 0 Å². The summed E-state index contributed by atoms with van der Waals surface area (Å²) in [5.41, 5.74) is 1.21. The van der Waals surface area contributed by atoms with Gasteiger partial charge in [0.1, 0.15) is 5.75 Å². The molecule has 0 N–H and O–H groups in total. The van der Waals surface area contributed by atoms with E-state index in [2.05, 4.69) is 12.1 Å². The maximum Gasteiger partial charge on any atom is 0.419 e. The van der Waals surface area contributed by atoms with Gasteiger partial charge in [-0.1, -0.05) is 54.8 Å². The summed E-state index contributed by atoms with van der Waals surface area (Å²) in [5, 5.41) is 0. The van der Waals surface area contributed by atoms with E-state index in [1.807, 2.05) is 18.2 Å². The van der Waals surface area contributed by atoms with E-state index in [1.54, 1.807) is 13.0 Å². The minimum absolute atomic E-state index is 0.0719. The van der Waals surface area contributed by atoms with Crippen molar-refractivity contribution < 1.29 is 17.9 Å². The average Bonchev–Trinajstić information content (AvgIpc) is 2.55. The van der Waals surface area contributed by atoms with Crippen LogP contribution in [0.2, 0.25) is 0 Å². The second-order valence-electron chi connectivity index (χ2n) is 6.00. The van der Waals surface area contributed by atoms with Gasteiger partial charge in [0.05, 0.1) is 12.2 Å². The Kier molecular flexibility index (Phi) is 6.71. The third kappa shape index (κ3) is 5.91. The molecule has 24 heavy (non-hydrogen) atoms. The van der Waals surface area contributed by atoms with Gasteiger partial charge in [0, 0.05) is 0 Å². The van der Waals surface area contributed by atoms with Gasteiger partial charge in [0.25, 0.3) is 0 Å². The second kappa shape index (κ2) is 8.76. The monoisotopic (exact) mass is 336 g/mol. The molecule has 2 aromatic carbocycles. The standard InChI is InChI=1S/C20H23F3O/c1-16-12-13-19(18(15-16)20(21,22)23)24-14-8-3-2-5-9-17-10-6-4-7-11-17/h4,6-7,10-13,15H,2-3,5,8-9,14H2,1H3. The van der Waals surface area contributed by atoms with Gasteiger partial charge in [-0.3, -0.25) is 0 Å². The third-order valence-electron chi connectivity index (χ3n) is 3.90. The summed E-state index contributed by atoms with van der Waals surface area (Å²) in [7, 11) is 0. The van der Waals surface area contributed by atoms with Gasteiger partial charge < -0.3 is 4.74 Å². The van der Waals surface area contributed by atoms with Crippen LogP contribution in [0.5, 0.6) is 5.75 Å². The number of ether oxygens (including phenoxy) is 1. The number of aryl methyl sites for hydroxylation is 2. The molecule has 0 amide bonds. The lowest BCUT2D eigenvalue weighted by Crippen LogP contribution is -2.09. The first-order valence-corrected chi connectivity index (χ1v) is 8.31. The van der Waals surface area contributed by atoms with Crippen molar-refractivity contribution in [3.8, 4) is 5.75 Å². The van der Waals surface area contributed by atoms with E-state index in [0.717, 1.165) is 38.2 Å². The van der Waals surface area contributed by atoms with E-state index < -0.39 is 11.7 Å². The molecule has 2 rings (SSSR count). The zero-order valence-electron chi connectivity index (χ0n) is 13.9. The van der Waals surface area contributed by atoms with Gasteiger partial charge in [0.15, 0.2) is 0 Å². The first kappa shape index (κ1) is 18.4. The molecule has 0 unspecified atom stereocenters. The summed E-state index contributed by atoms with van der Waals surface area (Å²) in [6.45, 7) is 1.96. The fourth-order valence-electron chi connectivity index (χ4n) is 2.60. The SMILES string of the molecule is Cc1ccc(OCCCCCCc2ccccc2)c(C(F)(F)F)c1. The van der Waals surface area contributed by atoms with Gasteiger partial charge in [-0.25, -0.2) is 0 Å². The molecule has 0 spiro atoms. The summed E-state index contributed by atoms with van der Waals surface area (Å²) in [4.78, 5) is 0. The number of hydrogen-bond acceptors (Lipinski definition) is 1. The highest BCUT2D eigenvalue weighted by molar-refractivity contribution is 5.38. The molecule has 0 aliphatic carbocycles. The van der Waals surface area contributed by atoms with Crippen LogP contribution < -0.4 is 4.74 Å². The smallest absolute Gasteiger partial charge is 0.419 e. The molecule has 0 saturated heterocycles. The molecule has 1 nitrogen and oxygen atoms in total. The van der Waals surface area contributed by atoms with Crippen LogP contribution in [-0.4, -0.2) is 6.61 Å². The van der Waals surface area contributed by atoms with E-state index in [-0.39, 0.29) is 5.75 Å². The number of halogens is 3. The highest BCUT2D eigenvalue weighted by atomic mass is 19.4. The lowest BCUT2D eigenvalue weighted by molar-refractivity contribution is -0.139. The van der Waals surface area contributed by atoms with E-state index in [1.165, 1.54) is 11.6 Å². The number of alkyl halides is 3. The normalized spacial score (nSPS) is 11.5. The van der Waals surface area contributed by atoms with Gasteiger partial charge >= 0.3 is 6.18 Å². The summed E-state index contributed by atoms with van der Waals surface area (Å²) in [6.07, 6.45) is 0.523. The Morgan fingerprint density at radius 2 is 1.58 bits per heavy atom. The Bertz CT molecular complexity index is 621. The number of rotatable bonds is 8. The molecule has 2 aromatic rings. The van der Waals surface area contributed by atoms with Gasteiger partial charge in [-0.2, -0.15) is 13.2 Å². The maximum atomic E-state index is 13.0. The largest absolute Gasteiger partial charge is 0.493 e. The Morgan fingerprint density at radius 1 is 0.875 bits per heavy atom. The summed E-state index contributed by atoms with van der Waals surface area (Å²) in [6, 6.07) is 14.5. The molecule has 4 heteroatoms. The Labute approximate surface area is 141 Å². The maximum absolute atomic E-state index is 13.0. The van der Waals surface area contributed by atoms with Crippen molar-refractivity contribution >= 4 is 0 Å². The summed E-state index contributed by atoms with van der Waals surface area (Å²) >= 11 is 0. The van der Waals surface area contributed by atoms with Crippen LogP contribution in [0.1, 0.15) is 42.4 Å². The molecule has 0 saturated carbocycles. The van der Waals surface area contributed by atoms with Crippen LogP contribution in [0.25, 0.3) is 0 Å². The average molecular weight is 336 g/mol. The van der Waals surface area contributed by atoms with Gasteiger partial charge in [-0.15, -0.1) is 0 Å². The van der Waals surface area contributed by atoms with Crippen LogP contribution >= 0.6 is 0 Å². The number of benzene rings is 2. The van der Waals surface area contributed by atoms with Crippen molar-refractivity contribution in [2.45, 2.75) is 45.2 Å². The van der Waals surface area contributed by atoms with E-state index in [4.69, 9.17) is 4.74 Å². The van der Waals surface area contributed by atoms with Gasteiger partial charge in [-0.05, 0) is 43.9 Å². The molecule has 0 fully saturated rings. The van der Waals surface area contributed by atoms with Crippen LogP contribution in [0.15, 0.2) is 48.5 Å². The van der Waals surface area contributed by atoms with Crippen molar-refractivity contribution in [2.24, 2.45) is 0 Å². The molecule has 0 atom stereocenters. The predicted octanol–water partition coefficient (Wildman–Crippen LogP) is 6.20. The Morgan fingerprint density at radius 3 is 2.29 bits per heavy atom. The lowest BCUT2D eigenvalue weighted by atomic mass is 10.1. The molecule has 0 heterocycles. The molecular formula is C20H23F3O. The van der Waals surface area contributed by atoms with E-state index in [0.29, 0.717) is 12.2 Å². The highest BCUT2D eigenvalue weighted by Crippen LogP contribution is 2.36. The summed E-state index contributed by atoms with van der Waals surface area (Å²) < 4.78 is 44.3. The molecular weight excluding hydrogens is 313 g/mol. The van der Waals surface area contributed by atoms with Crippen molar-refractivity contribution in [1.82, 2.24) is 0 Å². The fourth-order valence-corrected chi connectivity index (χ4v) is 2.60. The number of hydrogen-bond donors (Lipinski definition) is 0. The van der Waals surface area contributed by atoms with Crippen molar-refractivity contribution in [3.63, 3.8) is 0 Å². The zero-order valence-corrected chi connectivity index (χ0v) is 13.9. The topological polar surface area (TPSA) is 9.23 Å². The quantitative estimate of drug-likeness (QED) is 0.522. The minimum Gasteiger partial charge on any atom is -0.493 e. The Hall–Kier alpha value is -1.97.